The molecule has 1 aliphatic rings. The summed E-state index contributed by atoms with van der Waals surface area (Å²) in [6, 6.07) is 2.76. The highest BCUT2D eigenvalue weighted by atomic mass is 15.3. The van der Waals surface area contributed by atoms with Crippen LogP contribution in [-0.4, -0.2) is 47.1 Å². The fourth-order valence-electron chi connectivity index (χ4n) is 2.82. The minimum atomic E-state index is 0.675. The first-order valence-corrected chi connectivity index (χ1v) is 6.95. The van der Waals surface area contributed by atoms with Crippen molar-refractivity contribution >= 4 is 0 Å². The van der Waals surface area contributed by atoms with E-state index in [1.54, 1.807) is 0 Å². The third kappa shape index (κ3) is 4.06. The maximum Gasteiger partial charge on any atom is 0.0201 e. The summed E-state index contributed by atoms with van der Waals surface area (Å²) in [5.41, 5.74) is 0. The van der Waals surface area contributed by atoms with E-state index >= 15 is 0 Å². The van der Waals surface area contributed by atoms with Gasteiger partial charge in [-0.25, -0.2) is 0 Å². The Morgan fingerprint density at radius 2 is 1.19 bits per heavy atom. The van der Waals surface area contributed by atoms with Crippen molar-refractivity contribution in [3.05, 3.63) is 0 Å². The van der Waals surface area contributed by atoms with Gasteiger partial charge in [-0.2, -0.15) is 0 Å². The Bertz CT molecular complexity index is 166. The third-order valence-electron chi connectivity index (χ3n) is 3.34. The van der Waals surface area contributed by atoms with Crippen LogP contribution in [0.25, 0.3) is 0 Å². The summed E-state index contributed by atoms with van der Waals surface area (Å²) < 4.78 is 0. The smallest absolute Gasteiger partial charge is 0.0201 e. The molecule has 1 aliphatic heterocycles. The summed E-state index contributed by atoms with van der Waals surface area (Å²) in [5.74, 6) is 0. The molecule has 1 fully saturated rings. The maximum absolute atomic E-state index is 2.64. The highest BCUT2D eigenvalue weighted by molar-refractivity contribution is 4.87. The average molecular weight is 228 g/mol. The molecule has 0 N–H and O–H groups in total. The normalized spacial score (nSPS) is 28.1. The zero-order valence-electron chi connectivity index (χ0n) is 12.6. The van der Waals surface area contributed by atoms with Gasteiger partial charge in [-0.3, -0.25) is 9.80 Å². The summed E-state index contributed by atoms with van der Waals surface area (Å²) >= 11 is 0. The molecule has 0 aromatic carbocycles. The molecule has 2 nitrogen and oxygen atoms in total. The van der Waals surface area contributed by atoms with E-state index in [-0.39, 0.29) is 0 Å². The number of rotatable bonds is 2. The van der Waals surface area contributed by atoms with Gasteiger partial charge in [0.15, 0.2) is 0 Å². The molecular weight excluding hydrogens is 196 g/mol. The van der Waals surface area contributed by atoms with Gasteiger partial charge in [0.1, 0.15) is 0 Å². The molecule has 2 heteroatoms. The van der Waals surface area contributed by atoms with Gasteiger partial charge in [0, 0.05) is 37.3 Å². The fourth-order valence-corrected chi connectivity index (χ4v) is 2.82. The molecule has 0 spiro atoms. The van der Waals surface area contributed by atoms with Crippen LogP contribution in [0.3, 0.4) is 0 Å². The second kappa shape index (κ2) is 7.29. The van der Waals surface area contributed by atoms with Crippen molar-refractivity contribution in [3.63, 3.8) is 0 Å². The van der Waals surface area contributed by atoms with Crippen molar-refractivity contribution in [2.45, 2.75) is 79.6 Å². The van der Waals surface area contributed by atoms with Crippen molar-refractivity contribution < 1.29 is 0 Å². The molecule has 2 atom stereocenters. The van der Waals surface area contributed by atoms with E-state index in [0.717, 1.165) is 0 Å². The Kier molecular flexibility index (Phi) is 7.25. The van der Waals surface area contributed by atoms with Crippen LogP contribution < -0.4 is 0 Å². The van der Waals surface area contributed by atoms with Gasteiger partial charge in [0.2, 0.25) is 0 Å². The lowest BCUT2D eigenvalue weighted by molar-refractivity contribution is 0.00391. The summed E-state index contributed by atoms with van der Waals surface area (Å²) in [5, 5.41) is 0. The Morgan fingerprint density at radius 1 is 0.812 bits per heavy atom. The lowest BCUT2D eigenvalue weighted by Crippen LogP contribution is -2.60. The molecule has 0 bridgehead atoms. The predicted octanol–water partition coefficient (Wildman–Crippen LogP) is 3.22. The van der Waals surface area contributed by atoms with Gasteiger partial charge in [-0.1, -0.05) is 13.8 Å². The van der Waals surface area contributed by atoms with Crippen molar-refractivity contribution in [3.8, 4) is 0 Å². The van der Waals surface area contributed by atoms with Crippen LogP contribution in [0, 0.1) is 0 Å². The minimum Gasteiger partial charge on any atom is -0.298 e. The molecule has 1 saturated heterocycles. The Hall–Kier alpha value is -0.0800. The number of hydrogen-bond donors (Lipinski definition) is 0. The fraction of sp³-hybridized carbons (Fsp3) is 1.00. The van der Waals surface area contributed by atoms with Gasteiger partial charge in [-0.15, -0.1) is 0 Å². The average Bonchev–Trinajstić information content (AvgIpc) is 2.18. The molecular formula is C14H32N2. The molecule has 2 unspecified atom stereocenters. The topological polar surface area (TPSA) is 6.48 Å². The largest absolute Gasteiger partial charge is 0.298 e. The first kappa shape index (κ1) is 15.9. The first-order valence-electron chi connectivity index (χ1n) is 6.95. The molecule has 0 aliphatic carbocycles. The van der Waals surface area contributed by atoms with E-state index in [9.17, 15) is 0 Å². The molecule has 0 saturated carbocycles. The SMILES string of the molecule is CC.CC(C)N1CC(C)N(C(C)C)C(C)C1. The minimum absolute atomic E-state index is 0.675. The molecule has 0 aromatic heterocycles. The Labute approximate surface area is 103 Å². The summed E-state index contributed by atoms with van der Waals surface area (Å²) in [7, 11) is 0. The predicted molar refractivity (Wildman–Crippen MR) is 74.0 cm³/mol. The number of hydrogen-bond acceptors (Lipinski definition) is 2. The maximum atomic E-state index is 2.64. The third-order valence-corrected chi connectivity index (χ3v) is 3.34. The first-order chi connectivity index (χ1) is 7.43. The van der Waals surface area contributed by atoms with Crippen molar-refractivity contribution in [1.29, 1.82) is 0 Å². The zero-order valence-corrected chi connectivity index (χ0v) is 12.6. The highest BCUT2D eigenvalue weighted by Crippen LogP contribution is 2.19. The van der Waals surface area contributed by atoms with E-state index in [0.29, 0.717) is 24.2 Å². The summed E-state index contributed by atoms with van der Waals surface area (Å²) in [6.45, 7) is 20.3. The van der Waals surface area contributed by atoms with Gasteiger partial charge in [-0.05, 0) is 41.5 Å². The second-order valence-corrected chi connectivity index (χ2v) is 5.29. The van der Waals surface area contributed by atoms with Crippen LogP contribution in [0.1, 0.15) is 55.4 Å². The Balaban J connectivity index is 0.00000106. The lowest BCUT2D eigenvalue weighted by Gasteiger charge is -2.48. The molecule has 0 radical (unpaired) electrons. The van der Waals surface area contributed by atoms with Crippen LogP contribution in [0.5, 0.6) is 0 Å². The molecule has 1 heterocycles. The van der Waals surface area contributed by atoms with Crippen molar-refractivity contribution in [1.82, 2.24) is 9.80 Å². The van der Waals surface area contributed by atoms with Crippen LogP contribution in [0.2, 0.25) is 0 Å². The van der Waals surface area contributed by atoms with Gasteiger partial charge in [0.25, 0.3) is 0 Å². The number of nitrogens with zero attached hydrogens (tertiary/aromatic N) is 2. The molecule has 0 aromatic rings. The zero-order chi connectivity index (χ0) is 12.9. The standard InChI is InChI=1S/C12H26N2.C2H6/c1-9(2)13-7-11(5)14(10(3)4)12(6)8-13;1-2/h9-12H,7-8H2,1-6H3;1-2H3. The molecule has 1 rings (SSSR count). The summed E-state index contributed by atoms with van der Waals surface area (Å²) in [6.07, 6.45) is 0. The van der Waals surface area contributed by atoms with E-state index in [1.165, 1.54) is 13.1 Å². The van der Waals surface area contributed by atoms with E-state index in [4.69, 9.17) is 0 Å². The highest BCUT2D eigenvalue weighted by Gasteiger charge is 2.31. The molecule has 16 heavy (non-hydrogen) atoms. The molecule has 98 valence electrons. The van der Waals surface area contributed by atoms with E-state index in [1.807, 2.05) is 13.8 Å². The number of piperazine rings is 1. The second-order valence-electron chi connectivity index (χ2n) is 5.29. The summed E-state index contributed by atoms with van der Waals surface area (Å²) in [4.78, 5) is 5.23. The lowest BCUT2D eigenvalue weighted by atomic mass is 10.0. The van der Waals surface area contributed by atoms with Crippen LogP contribution in [-0.2, 0) is 0 Å². The van der Waals surface area contributed by atoms with Crippen LogP contribution >= 0.6 is 0 Å². The van der Waals surface area contributed by atoms with Crippen LogP contribution in [0.15, 0.2) is 0 Å². The molecule has 0 amide bonds. The van der Waals surface area contributed by atoms with E-state index in [2.05, 4.69) is 51.3 Å². The van der Waals surface area contributed by atoms with Crippen molar-refractivity contribution in [2.24, 2.45) is 0 Å². The van der Waals surface area contributed by atoms with Crippen molar-refractivity contribution in [2.75, 3.05) is 13.1 Å². The van der Waals surface area contributed by atoms with Crippen LogP contribution in [0.4, 0.5) is 0 Å². The Morgan fingerprint density at radius 3 is 1.44 bits per heavy atom. The van der Waals surface area contributed by atoms with Gasteiger partial charge < -0.3 is 0 Å². The van der Waals surface area contributed by atoms with Gasteiger partial charge in [0.05, 0.1) is 0 Å². The monoisotopic (exact) mass is 228 g/mol. The quantitative estimate of drug-likeness (QED) is 0.716. The van der Waals surface area contributed by atoms with Gasteiger partial charge >= 0.3 is 0 Å². The van der Waals surface area contributed by atoms with E-state index < -0.39 is 0 Å².